The van der Waals surface area contributed by atoms with Crippen LogP contribution < -0.4 is 0 Å². The molecule has 1 aromatic rings. The predicted molar refractivity (Wildman–Crippen MR) is 59.8 cm³/mol. The maximum atomic E-state index is 11.6. The third kappa shape index (κ3) is 1.85. The van der Waals surface area contributed by atoms with Crippen LogP contribution >= 0.6 is 22.6 Å². The molecule has 1 amide bonds. The van der Waals surface area contributed by atoms with Gasteiger partial charge in [-0.05, 0) is 47.2 Å². The molecule has 13 heavy (non-hydrogen) atoms. The maximum absolute atomic E-state index is 11.6. The van der Waals surface area contributed by atoms with Crippen molar-refractivity contribution in [3.63, 3.8) is 0 Å². The van der Waals surface area contributed by atoms with E-state index in [1.165, 1.54) is 5.56 Å². The molecule has 3 heteroatoms. The highest BCUT2D eigenvalue weighted by atomic mass is 127. The number of rotatable bonds is 1. The lowest BCUT2D eigenvalue weighted by Crippen LogP contribution is -2.10. The Morgan fingerprint density at radius 1 is 1.46 bits per heavy atom. The van der Waals surface area contributed by atoms with Crippen LogP contribution in [0.2, 0.25) is 0 Å². The van der Waals surface area contributed by atoms with Gasteiger partial charge in [0.15, 0.2) is 0 Å². The van der Waals surface area contributed by atoms with Crippen LogP contribution in [0, 0.1) is 10.5 Å². The van der Waals surface area contributed by atoms with Crippen molar-refractivity contribution in [3.05, 3.63) is 32.9 Å². The molecule has 0 atom stereocenters. The minimum absolute atomic E-state index is 0.165. The fraction of sp³-hybridized carbons (Fsp3) is 0.300. The van der Waals surface area contributed by atoms with Crippen LogP contribution in [0.15, 0.2) is 18.2 Å². The minimum Gasteiger partial charge on any atom is -0.335 e. The van der Waals surface area contributed by atoms with Gasteiger partial charge in [-0.1, -0.05) is 6.07 Å². The summed E-state index contributed by atoms with van der Waals surface area (Å²) in [5, 5.41) is 0. The van der Waals surface area contributed by atoms with E-state index < -0.39 is 0 Å². The minimum atomic E-state index is 0.165. The summed E-state index contributed by atoms with van der Waals surface area (Å²) < 4.78 is 1.16. The first-order chi connectivity index (χ1) is 6.18. The quantitative estimate of drug-likeness (QED) is 0.572. The van der Waals surface area contributed by atoms with Gasteiger partial charge in [0.1, 0.15) is 0 Å². The van der Waals surface area contributed by atoms with Crippen molar-refractivity contribution in [1.82, 2.24) is 4.90 Å². The number of aryl methyl sites for hydroxylation is 1. The summed E-state index contributed by atoms with van der Waals surface area (Å²) in [5.41, 5.74) is 2.04. The normalized spacial score (nSPS) is 14.5. The van der Waals surface area contributed by atoms with Gasteiger partial charge in [-0.3, -0.25) is 4.79 Å². The van der Waals surface area contributed by atoms with Gasteiger partial charge in [0, 0.05) is 22.2 Å². The first-order valence-electron chi connectivity index (χ1n) is 4.24. The topological polar surface area (TPSA) is 20.1 Å². The number of halogens is 1. The number of carbonyl (C=O) groups is 1. The molecule has 0 aromatic heterocycles. The predicted octanol–water partition coefficient (Wildman–Crippen LogP) is 2.06. The number of carbonyl (C=O) groups excluding carboxylic acids is 1. The second-order valence-electron chi connectivity index (χ2n) is 3.26. The Bertz CT molecular complexity index is 358. The van der Waals surface area contributed by atoms with Crippen molar-refractivity contribution < 1.29 is 4.79 Å². The summed E-state index contributed by atoms with van der Waals surface area (Å²) in [7, 11) is 0. The molecule has 0 aliphatic carbocycles. The Labute approximate surface area is 91.1 Å². The Hall–Kier alpha value is -0.580. The molecule has 68 valence electrons. The zero-order valence-corrected chi connectivity index (χ0v) is 9.54. The molecule has 2 nitrogen and oxygen atoms in total. The van der Waals surface area contributed by atoms with Gasteiger partial charge >= 0.3 is 0 Å². The number of amides is 1. The van der Waals surface area contributed by atoms with Crippen LogP contribution in [-0.4, -0.2) is 23.9 Å². The van der Waals surface area contributed by atoms with Gasteiger partial charge in [0.2, 0.25) is 0 Å². The van der Waals surface area contributed by atoms with Gasteiger partial charge in [0.25, 0.3) is 5.91 Å². The fourth-order valence-electron chi connectivity index (χ4n) is 1.16. The van der Waals surface area contributed by atoms with Gasteiger partial charge < -0.3 is 4.90 Å². The smallest absolute Gasteiger partial charge is 0.254 e. The molecular weight excluding hydrogens is 277 g/mol. The molecule has 0 radical (unpaired) electrons. The lowest BCUT2D eigenvalue weighted by Gasteiger charge is -2.03. The first kappa shape index (κ1) is 8.99. The standard InChI is InChI=1S/C10H10INO/c1-7-2-3-8(6-9(7)11)10(13)12-4-5-12/h2-3,6H,4-5H2,1H3. The van der Waals surface area contributed by atoms with Crippen molar-refractivity contribution in [2.24, 2.45) is 0 Å². The van der Waals surface area contributed by atoms with E-state index in [1.54, 1.807) is 0 Å². The summed E-state index contributed by atoms with van der Waals surface area (Å²) in [5.74, 6) is 0.165. The molecule has 1 aliphatic rings. The maximum Gasteiger partial charge on any atom is 0.254 e. The van der Waals surface area contributed by atoms with Gasteiger partial charge in [-0.2, -0.15) is 0 Å². The molecule has 1 fully saturated rings. The van der Waals surface area contributed by atoms with Gasteiger partial charge in [-0.25, -0.2) is 0 Å². The largest absolute Gasteiger partial charge is 0.335 e. The van der Waals surface area contributed by atoms with Crippen LogP contribution in [0.1, 0.15) is 15.9 Å². The highest BCUT2D eigenvalue weighted by Gasteiger charge is 2.25. The van der Waals surface area contributed by atoms with E-state index in [2.05, 4.69) is 22.6 Å². The Morgan fingerprint density at radius 3 is 2.69 bits per heavy atom. The van der Waals surface area contributed by atoms with E-state index in [0.29, 0.717) is 0 Å². The summed E-state index contributed by atoms with van der Waals surface area (Å²) in [4.78, 5) is 13.4. The molecule has 1 saturated heterocycles. The molecule has 1 heterocycles. The second kappa shape index (κ2) is 3.29. The van der Waals surface area contributed by atoms with Crippen LogP contribution in [0.3, 0.4) is 0 Å². The molecule has 0 saturated carbocycles. The monoisotopic (exact) mass is 287 g/mol. The van der Waals surface area contributed by atoms with E-state index in [9.17, 15) is 4.79 Å². The average molecular weight is 287 g/mol. The van der Waals surface area contributed by atoms with Crippen LogP contribution in [0.5, 0.6) is 0 Å². The highest BCUT2D eigenvalue weighted by Crippen LogP contribution is 2.17. The lowest BCUT2D eigenvalue weighted by atomic mass is 10.1. The van der Waals surface area contributed by atoms with Crippen molar-refractivity contribution in [3.8, 4) is 0 Å². The molecule has 0 bridgehead atoms. The third-order valence-corrected chi connectivity index (χ3v) is 3.32. The lowest BCUT2D eigenvalue weighted by molar-refractivity contribution is 0.0885. The Morgan fingerprint density at radius 2 is 2.15 bits per heavy atom. The van der Waals surface area contributed by atoms with Crippen molar-refractivity contribution in [2.45, 2.75) is 6.92 Å². The van der Waals surface area contributed by atoms with Gasteiger partial charge in [-0.15, -0.1) is 0 Å². The van der Waals surface area contributed by atoms with Gasteiger partial charge in [0.05, 0.1) is 0 Å². The SMILES string of the molecule is Cc1ccc(C(=O)N2CC2)cc1I. The van der Waals surface area contributed by atoms with E-state index in [0.717, 1.165) is 22.2 Å². The average Bonchev–Trinajstić information content (AvgIpc) is 2.91. The number of nitrogens with zero attached hydrogens (tertiary/aromatic N) is 1. The molecule has 1 aliphatic heterocycles. The first-order valence-corrected chi connectivity index (χ1v) is 5.32. The van der Waals surface area contributed by atoms with Crippen LogP contribution in [0.4, 0.5) is 0 Å². The van der Waals surface area contributed by atoms with Crippen LogP contribution in [0.25, 0.3) is 0 Å². The third-order valence-electron chi connectivity index (χ3n) is 2.15. The van der Waals surface area contributed by atoms with Crippen molar-refractivity contribution in [1.29, 1.82) is 0 Å². The zero-order chi connectivity index (χ0) is 9.42. The zero-order valence-electron chi connectivity index (χ0n) is 7.38. The number of benzene rings is 1. The summed E-state index contributed by atoms with van der Waals surface area (Å²) in [6.45, 7) is 3.89. The van der Waals surface area contributed by atoms with E-state index in [1.807, 2.05) is 30.0 Å². The Kier molecular flexibility index (Phi) is 2.27. The number of hydrogen-bond acceptors (Lipinski definition) is 1. The molecule has 0 N–H and O–H groups in total. The van der Waals surface area contributed by atoms with Crippen LogP contribution in [-0.2, 0) is 0 Å². The highest BCUT2D eigenvalue weighted by molar-refractivity contribution is 14.1. The fourth-order valence-corrected chi connectivity index (χ4v) is 1.68. The number of hydrogen-bond donors (Lipinski definition) is 0. The van der Waals surface area contributed by atoms with E-state index >= 15 is 0 Å². The van der Waals surface area contributed by atoms with Crippen molar-refractivity contribution >= 4 is 28.5 Å². The molecule has 0 spiro atoms. The summed E-state index contributed by atoms with van der Waals surface area (Å²) >= 11 is 2.26. The molecule has 0 unspecified atom stereocenters. The molecule has 1 aromatic carbocycles. The van der Waals surface area contributed by atoms with Crippen molar-refractivity contribution in [2.75, 3.05) is 13.1 Å². The molecule has 2 rings (SSSR count). The summed E-state index contributed by atoms with van der Waals surface area (Å²) in [6.07, 6.45) is 0. The Balaban J connectivity index is 2.30. The van der Waals surface area contributed by atoms with E-state index in [-0.39, 0.29) is 5.91 Å². The second-order valence-corrected chi connectivity index (χ2v) is 4.42. The summed E-state index contributed by atoms with van der Waals surface area (Å²) in [6, 6.07) is 5.85. The van der Waals surface area contributed by atoms with E-state index in [4.69, 9.17) is 0 Å². The molecular formula is C10H10INO.